The average molecular weight is 284 g/mol. The predicted octanol–water partition coefficient (Wildman–Crippen LogP) is 0.0336. The number of carboxylic acids is 1. The zero-order chi connectivity index (χ0) is 15.1. The topological polar surface area (TPSA) is 97.6 Å². The molecule has 1 N–H and O–H groups in total. The first-order valence-electron chi connectivity index (χ1n) is 6.47. The molecule has 0 aromatic carbocycles. The van der Waals surface area contributed by atoms with Gasteiger partial charge in [-0.2, -0.15) is 0 Å². The molecule has 20 heavy (non-hydrogen) atoms. The van der Waals surface area contributed by atoms with Crippen LogP contribution in [0, 0.1) is 0 Å². The largest absolute Gasteiger partial charge is 0.476 e. The van der Waals surface area contributed by atoms with Gasteiger partial charge in [0.05, 0.1) is 12.3 Å². The zero-order valence-electron chi connectivity index (χ0n) is 12.0. The first-order chi connectivity index (χ1) is 9.54. The number of likely N-dealkylation sites (N-methyl/N-ethyl adjacent to an activating group) is 1. The molecule has 0 bridgehead atoms. The molecule has 8 nitrogen and oxygen atoms in total. The molecule has 0 radical (unpaired) electrons. The van der Waals surface area contributed by atoms with Gasteiger partial charge in [-0.15, -0.1) is 5.10 Å². The van der Waals surface area contributed by atoms with Gasteiger partial charge in [-0.3, -0.25) is 4.79 Å². The van der Waals surface area contributed by atoms with Crippen LogP contribution in [0.1, 0.15) is 30.0 Å². The summed E-state index contributed by atoms with van der Waals surface area (Å²) in [5, 5.41) is 16.4. The number of aromatic nitrogens is 3. The smallest absolute Gasteiger partial charge is 0.358 e. The number of hydrogen-bond acceptors (Lipinski definition) is 5. The van der Waals surface area contributed by atoms with E-state index in [-0.39, 0.29) is 18.1 Å². The van der Waals surface area contributed by atoms with E-state index in [1.54, 1.807) is 4.90 Å². The van der Waals surface area contributed by atoms with Gasteiger partial charge in [0.25, 0.3) is 0 Å². The van der Waals surface area contributed by atoms with E-state index in [2.05, 4.69) is 10.3 Å². The van der Waals surface area contributed by atoms with Gasteiger partial charge in [0, 0.05) is 26.6 Å². The normalized spacial score (nSPS) is 10.6. The van der Waals surface area contributed by atoms with Crippen LogP contribution in [0.2, 0.25) is 0 Å². The lowest BCUT2D eigenvalue weighted by Gasteiger charge is -2.18. The molecule has 1 aromatic rings. The van der Waals surface area contributed by atoms with Crippen LogP contribution >= 0.6 is 0 Å². The van der Waals surface area contributed by atoms with Crippen LogP contribution in [0.25, 0.3) is 0 Å². The summed E-state index contributed by atoms with van der Waals surface area (Å²) >= 11 is 0. The molecule has 1 amide bonds. The highest BCUT2D eigenvalue weighted by molar-refractivity contribution is 5.86. The molecular weight excluding hydrogens is 264 g/mol. The number of ether oxygens (including phenoxy) is 1. The number of carbonyl (C=O) groups is 2. The van der Waals surface area contributed by atoms with E-state index in [1.165, 1.54) is 11.8 Å². The van der Waals surface area contributed by atoms with Crippen LogP contribution in [0.4, 0.5) is 0 Å². The van der Waals surface area contributed by atoms with Gasteiger partial charge in [0.2, 0.25) is 5.91 Å². The molecule has 0 spiro atoms. The van der Waals surface area contributed by atoms with Gasteiger partial charge < -0.3 is 14.7 Å². The van der Waals surface area contributed by atoms with Crippen molar-refractivity contribution in [2.45, 2.75) is 26.8 Å². The Balaban J connectivity index is 2.94. The molecular formula is C12H20N4O4. The summed E-state index contributed by atoms with van der Waals surface area (Å²) < 4.78 is 6.28. The second kappa shape index (κ2) is 7.59. The van der Waals surface area contributed by atoms with E-state index in [0.717, 1.165) is 0 Å². The Morgan fingerprint density at radius 1 is 1.35 bits per heavy atom. The van der Waals surface area contributed by atoms with Gasteiger partial charge >= 0.3 is 5.97 Å². The number of hydrogen-bond donors (Lipinski definition) is 1. The molecule has 0 saturated heterocycles. The van der Waals surface area contributed by atoms with Crippen molar-refractivity contribution in [1.29, 1.82) is 0 Å². The molecule has 112 valence electrons. The number of nitrogens with zero attached hydrogens (tertiary/aromatic N) is 4. The Kier molecular flexibility index (Phi) is 6.10. The molecule has 1 aromatic heterocycles. The molecule has 0 aliphatic rings. The second-order valence-corrected chi connectivity index (χ2v) is 4.16. The fourth-order valence-corrected chi connectivity index (χ4v) is 1.88. The summed E-state index contributed by atoms with van der Waals surface area (Å²) in [5.41, 5.74) is 0.272. The molecule has 0 atom stereocenters. The summed E-state index contributed by atoms with van der Waals surface area (Å²) in [7, 11) is 1.52. The minimum absolute atomic E-state index is 0.0129. The Labute approximate surface area is 117 Å². The highest BCUT2D eigenvalue weighted by Gasteiger charge is 2.21. The second-order valence-electron chi connectivity index (χ2n) is 4.16. The van der Waals surface area contributed by atoms with Crippen molar-refractivity contribution in [3.63, 3.8) is 0 Å². The van der Waals surface area contributed by atoms with Gasteiger partial charge in [-0.05, 0) is 13.8 Å². The lowest BCUT2D eigenvalue weighted by Crippen LogP contribution is -2.34. The van der Waals surface area contributed by atoms with Crippen molar-refractivity contribution in [1.82, 2.24) is 19.9 Å². The minimum Gasteiger partial charge on any atom is -0.476 e. The van der Waals surface area contributed by atoms with Gasteiger partial charge in [-0.1, -0.05) is 5.21 Å². The molecule has 0 unspecified atom stereocenters. The molecule has 0 saturated carbocycles. The molecule has 0 aliphatic heterocycles. The van der Waals surface area contributed by atoms with Crippen molar-refractivity contribution in [2.24, 2.45) is 0 Å². The van der Waals surface area contributed by atoms with Crippen LogP contribution in [-0.4, -0.2) is 63.7 Å². The van der Waals surface area contributed by atoms with Crippen LogP contribution in [0.5, 0.6) is 0 Å². The Morgan fingerprint density at radius 3 is 2.50 bits per heavy atom. The summed E-state index contributed by atoms with van der Waals surface area (Å²) in [6.07, 6.45) is 0.344. The van der Waals surface area contributed by atoms with E-state index in [9.17, 15) is 9.59 Å². The summed E-state index contributed by atoms with van der Waals surface area (Å²) in [5.74, 6) is -1.27. The van der Waals surface area contributed by atoms with E-state index < -0.39 is 5.97 Å². The number of carbonyl (C=O) groups excluding carboxylic acids is 1. The van der Waals surface area contributed by atoms with Gasteiger partial charge in [0.1, 0.15) is 6.54 Å². The summed E-state index contributed by atoms with van der Waals surface area (Å²) in [4.78, 5) is 24.8. The molecule has 0 aliphatic carbocycles. The fourth-order valence-electron chi connectivity index (χ4n) is 1.88. The average Bonchev–Trinajstić information content (AvgIpc) is 2.80. The molecule has 1 heterocycles. The van der Waals surface area contributed by atoms with Crippen molar-refractivity contribution in [3.05, 3.63) is 11.4 Å². The van der Waals surface area contributed by atoms with Crippen LogP contribution in [0.3, 0.4) is 0 Å². The maximum absolute atomic E-state index is 12.0. The third kappa shape index (κ3) is 3.77. The third-order valence-corrected chi connectivity index (χ3v) is 2.98. The Bertz CT molecular complexity index is 468. The van der Waals surface area contributed by atoms with Crippen LogP contribution in [0.15, 0.2) is 0 Å². The lowest BCUT2D eigenvalue weighted by molar-refractivity contribution is -0.131. The van der Waals surface area contributed by atoms with Gasteiger partial charge in [-0.25, -0.2) is 9.48 Å². The number of methoxy groups -OCH3 is 1. The molecule has 1 rings (SSSR count). The SMILES string of the molecule is CCN(CC)C(=O)Cn1nnc(C(=O)O)c1CCOC. The fraction of sp³-hybridized carbons (Fsp3) is 0.667. The Morgan fingerprint density at radius 2 is 2.00 bits per heavy atom. The quantitative estimate of drug-likeness (QED) is 0.723. The van der Waals surface area contributed by atoms with Crippen molar-refractivity contribution in [3.8, 4) is 0 Å². The minimum atomic E-state index is -1.15. The first-order valence-corrected chi connectivity index (χ1v) is 6.47. The monoisotopic (exact) mass is 284 g/mol. The summed E-state index contributed by atoms with van der Waals surface area (Å²) in [6, 6.07) is 0. The van der Waals surface area contributed by atoms with Crippen LogP contribution in [-0.2, 0) is 22.5 Å². The highest BCUT2D eigenvalue weighted by Crippen LogP contribution is 2.08. The number of rotatable bonds is 8. The number of carboxylic acid groups (broad SMARTS) is 1. The van der Waals surface area contributed by atoms with Crippen molar-refractivity contribution < 1.29 is 19.4 Å². The van der Waals surface area contributed by atoms with Crippen molar-refractivity contribution in [2.75, 3.05) is 26.8 Å². The van der Waals surface area contributed by atoms with E-state index in [1.807, 2.05) is 13.8 Å². The summed E-state index contributed by atoms with van der Waals surface area (Å²) in [6.45, 7) is 5.30. The highest BCUT2D eigenvalue weighted by atomic mass is 16.5. The molecule has 8 heteroatoms. The van der Waals surface area contributed by atoms with E-state index >= 15 is 0 Å². The Hall–Kier alpha value is -1.96. The van der Waals surface area contributed by atoms with E-state index in [0.29, 0.717) is 31.8 Å². The number of amides is 1. The molecule has 0 fully saturated rings. The number of aromatic carboxylic acids is 1. The first kappa shape index (κ1) is 16.1. The maximum Gasteiger partial charge on any atom is 0.358 e. The lowest BCUT2D eigenvalue weighted by atomic mass is 10.2. The predicted molar refractivity (Wildman–Crippen MR) is 70.5 cm³/mol. The van der Waals surface area contributed by atoms with Crippen molar-refractivity contribution >= 4 is 11.9 Å². The third-order valence-electron chi connectivity index (χ3n) is 2.98. The maximum atomic E-state index is 12.0. The van der Waals surface area contributed by atoms with Gasteiger partial charge in [0.15, 0.2) is 5.69 Å². The van der Waals surface area contributed by atoms with Crippen LogP contribution < -0.4 is 0 Å². The standard InChI is InChI=1S/C12H20N4O4/c1-4-15(5-2)10(17)8-16-9(6-7-20-3)11(12(18)19)13-14-16/h4-8H2,1-3H3,(H,18,19). The van der Waals surface area contributed by atoms with E-state index in [4.69, 9.17) is 9.84 Å². The zero-order valence-corrected chi connectivity index (χ0v) is 12.0.